The van der Waals surface area contributed by atoms with Crippen molar-refractivity contribution in [1.82, 2.24) is 4.90 Å². The van der Waals surface area contributed by atoms with Crippen LogP contribution in [0.25, 0.3) is 0 Å². The van der Waals surface area contributed by atoms with Gasteiger partial charge >= 0.3 is 12.1 Å². The van der Waals surface area contributed by atoms with Crippen LogP contribution < -0.4 is 0 Å². The van der Waals surface area contributed by atoms with Crippen LogP contribution in [-0.4, -0.2) is 53.9 Å². The maximum Gasteiger partial charge on any atom is 0.406 e. The van der Waals surface area contributed by atoms with Gasteiger partial charge in [0.1, 0.15) is 18.7 Å². The highest BCUT2D eigenvalue weighted by Crippen LogP contribution is 2.20. The Labute approximate surface area is 96.1 Å². The molecular formula is C9H14F3NO4. The number of alkyl halides is 3. The summed E-state index contributed by atoms with van der Waals surface area (Å²) in [4.78, 5) is 22.3. The molecule has 1 N–H and O–H groups in total. The zero-order valence-electron chi connectivity index (χ0n) is 9.67. The molecule has 0 unspecified atom stereocenters. The Morgan fingerprint density at radius 1 is 1.29 bits per heavy atom. The lowest BCUT2D eigenvalue weighted by Crippen LogP contribution is -2.51. The van der Waals surface area contributed by atoms with Crippen LogP contribution in [0.4, 0.5) is 13.2 Å². The third-order valence-electron chi connectivity index (χ3n) is 2.01. The van der Waals surface area contributed by atoms with E-state index in [1.807, 2.05) is 0 Å². The highest BCUT2D eigenvalue weighted by atomic mass is 19.4. The Bertz CT molecular complexity index is 301. The number of hydrogen-bond acceptors (Lipinski definition) is 3. The summed E-state index contributed by atoms with van der Waals surface area (Å²) in [5.74, 6) is -2.55. The lowest BCUT2D eigenvalue weighted by atomic mass is 10.1. The van der Waals surface area contributed by atoms with Gasteiger partial charge in [0.15, 0.2) is 0 Å². The molecule has 0 aromatic carbocycles. The van der Waals surface area contributed by atoms with Crippen molar-refractivity contribution in [3.8, 4) is 0 Å². The van der Waals surface area contributed by atoms with Crippen molar-refractivity contribution >= 4 is 11.9 Å². The van der Waals surface area contributed by atoms with E-state index in [0.29, 0.717) is 0 Å². The van der Waals surface area contributed by atoms with Gasteiger partial charge in [0.2, 0.25) is 0 Å². The fourth-order valence-corrected chi connectivity index (χ4v) is 1.05. The molecule has 0 aromatic heterocycles. The summed E-state index contributed by atoms with van der Waals surface area (Å²) in [6.45, 7) is -0.114. The van der Waals surface area contributed by atoms with Gasteiger partial charge in [-0.2, -0.15) is 13.2 Å². The van der Waals surface area contributed by atoms with E-state index in [-0.39, 0.29) is 4.90 Å². The molecule has 0 aliphatic rings. The second kappa shape index (κ2) is 5.35. The molecule has 0 atom stereocenters. The summed E-state index contributed by atoms with van der Waals surface area (Å²) in [6.07, 6.45) is -4.66. The number of halogens is 3. The molecule has 0 aliphatic carbocycles. The zero-order valence-corrected chi connectivity index (χ0v) is 9.67. The lowest BCUT2D eigenvalue weighted by molar-refractivity contribution is -0.176. The largest absolute Gasteiger partial charge is 0.480 e. The third-order valence-corrected chi connectivity index (χ3v) is 2.01. The minimum atomic E-state index is -4.66. The zero-order chi connectivity index (χ0) is 13.9. The van der Waals surface area contributed by atoms with Gasteiger partial charge in [-0.25, -0.2) is 0 Å². The van der Waals surface area contributed by atoms with Gasteiger partial charge in [-0.3, -0.25) is 9.59 Å². The molecule has 0 aliphatic heterocycles. The van der Waals surface area contributed by atoms with Crippen LogP contribution in [0.5, 0.6) is 0 Å². The number of carbonyl (C=O) groups is 2. The molecule has 100 valence electrons. The SMILES string of the molecule is COC(C)(C)C(=O)N(CC(=O)O)CC(F)(F)F. The molecule has 1 amide bonds. The van der Waals surface area contributed by atoms with Crippen LogP contribution >= 0.6 is 0 Å². The number of methoxy groups -OCH3 is 1. The van der Waals surface area contributed by atoms with Crippen LogP contribution in [0.3, 0.4) is 0 Å². The normalized spacial score (nSPS) is 12.4. The quantitative estimate of drug-likeness (QED) is 0.794. The number of hydrogen-bond donors (Lipinski definition) is 1. The Morgan fingerprint density at radius 3 is 2.06 bits per heavy atom. The molecule has 0 spiro atoms. The number of amides is 1. The number of carboxylic acids is 1. The average molecular weight is 257 g/mol. The predicted octanol–water partition coefficient (Wildman–Crippen LogP) is 0.887. The highest BCUT2D eigenvalue weighted by Gasteiger charge is 2.39. The van der Waals surface area contributed by atoms with Crippen molar-refractivity contribution in [1.29, 1.82) is 0 Å². The number of carbonyl (C=O) groups excluding carboxylic acids is 1. The van der Waals surface area contributed by atoms with Gasteiger partial charge in [0.25, 0.3) is 5.91 Å². The van der Waals surface area contributed by atoms with Crippen molar-refractivity contribution in [2.24, 2.45) is 0 Å². The van der Waals surface area contributed by atoms with Gasteiger partial charge in [0.05, 0.1) is 0 Å². The van der Waals surface area contributed by atoms with E-state index in [4.69, 9.17) is 9.84 Å². The monoisotopic (exact) mass is 257 g/mol. The van der Waals surface area contributed by atoms with Crippen molar-refractivity contribution < 1.29 is 32.6 Å². The Kier molecular flexibility index (Phi) is 4.94. The Hall–Kier alpha value is -1.31. The fraction of sp³-hybridized carbons (Fsp3) is 0.778. The van der Waals surface area contributed by atoms with Crippen molar-refractivity contribution in [3.63, 3.8) is 0 Å². The lowest BCUT2D eigenvalue weighted by Gasteiger charge is -2.30. The maximum atomic E-state index is 12.2. The minimum Gasteiger partial charge on any atom is -0.480 e. The fourth-order valence-electron chi connectivity index (χ4n) is 1.05. The molecule has 0 heterocycles. The van der Waals surface area contributed by atoms with E-state index in [0.717, 1.165) is 7.11 Å². The topological polar surface area (TPSA) is 66.8 Å². The summed E-state index contributed by atoms with van der Waals surface area (Å²) < 4.78 is 41.3. The number of ether oxygens (including phenoxy) is 1. The number of rotatable bonds is 5. The summed E-state index contributed by atoms with van der Waals surface area (Å²) in [7, 11) is 1.16. The summed E-state index contributed by atoms with van der Waals surface area (Å²) in [5.41, 5.74) is -1.50. The molecule has 5 nitrogen and oxygen atoms in total. The van der Waals surface area contributed by atoms with Crippen LogP contribution in [-0.2, 0) is 14.3 Å². The van der Waals surface area contributed by atoms with Gasteiger partial charge in [-0.15, -0.1) is 0 Å². The van der Waals surface area contributed by atoms with Crippen molar-refractivity contribution in [2.45, 2.75) is 25.6 Å². The molecule has 17 heavy (non-hydrogen) atoms. The van der Waals surface area contributed by atoms with Gasteiger partial charge in [-0.1, -0.05) is 0 Å². The highest BCUT2D eigenvalue weighted by molar-refractivity contribution is 5.87. The second-order valence-electron chi connectivity index (χ2n) is 3.88. The van der Waals surface area contributed by atoms with E-state index < -0.39 is 36.7 Å². The summed E-state index contributed by atoms with van der Waals surface area (Å²) in [5, 5.41) is 8.47. The van der Waals surface area contributed by atoms with Gasteiger partial charge in [-0.05, 0) is 13.8 Å². The predicted molar refractivity (Wildman–Crippen MR) is 51.4 cm³/mol. The number of nitrogens with zero attached hydrogens (tertiary/aromatic N) is 1. The summed E-state index contributed by atoms with van der Waals surface area (Å²) in [6, 6.07) is 0. The molecule has 0 saturated carbocycles. The molecule has 0 aromatic rings. The first-order valence-corrected chi connectivity index (χ1v) is 4.62. The van der Waals surface area contributed by atoms with Crippen LogP contribution in [0.2, 0.25) is 0 Å². The van der Waals surface area contributed by atoms with E-state index >= 15 is 0 Å². The van der Waals surface area contributed by atoms with Crippen LogP contribution in [0, 0.1) is 0 Å². The third kappa shape index (κ3) is 5.53. The minimum absolute atomic E-state index is 0.200. The summed E-state index contributed by atoms with van der Waals surface area (Å²) >= 11 is 0. The van der Waals surface area contributed by atoms with Crippen LogP contribution in [0.15, 0.2) is 0 Å². The standard InChI is InChI=1S/C9H14F3NO4/c1-8(2,17-3)7(16)13(4-6(14)15)5-9(10,11)12/h4-5H2,1-3H3,(H,14,15). The van der Waals surface area contributed by atoms with E-state index in [2.05, 4.69) is 0 Å². The van der Waals surface area contributed by atoms with Gasteiger partial charge in [0, 0.05) is 7.11 Å². The molecule has 0 saturated heterocycles. The average Bonchev–Trinajstić information content (AvgIpc) is 2.12. The molecular weight excluding hydrogens is 243 g/mol. The van der Waals surface area contributed by atoms with E-state index in [1.165, 1.54) is 13.8 Å². The first-order valence-electron chi connectivity index (χ1n) is 4.62. The first-order chi connectivity index (χ1) is 7.49. The maximum absolute atomic E-state index is 12.2. The number of aliphatic carboxylic acids is 1. The number of carboxylic acid groups (broad SMARTS) is 1. The Morgan fingerprint density at radius 2 is 1.76 bits per heavy atom. The van der Waals surface area contributed by atoms with Crippen molar-refractivity contribution in [3.05, 3.63) is 0 Å². The van der Waals surface area contributed by atoms with E-state index in [1.54, 1.807) is 0 Å². The first kappa shape index (κ1) is 15.7. The van der Waals surface area contributed by atoms with E-state index in [9.17, 15) is 22.8 Å². The molecule has 0 radical (unpaired) electrons. The second-order valence-corrected chi connectivity index (χ2v) is 3.88. The molecule has 0 fully saturated rings. The Balaban J connectivity index is 4.93. The van der Waals surface area contributed by atoms with Crippen LogP contribution in [0.1, 0.15) is 13.8 Å². The molecule has 0 rings (SSSR count). The smallest absolute Gasteiger partial charge is 0.406 e. The van der Waals surface area contributed by atoms with Gasteiger partial charge < -0.3 is 14.7 Å². The molecule has 0 bridgehead atoms. The molecule has 8 heteroatoms. The van der Waals surface area contributed by atoms with Crippen molar-refractivity contribution in [2.75, 3.05) is 20.2 Å².